The van der Waals surface area contributed by atoms with E-state index in [1.54, 1.807) is 11.3 Å². The van der Waals surface area contributed by atoms with E-state index in [2.05, 4.69) is 19.2 Å². The molecule has 1 amide bonds. The van der Waals surface area contributed by atoms with Gasteiger partial charge in [-0.25, -0.2) is 4.39 Å². The zero-order valence-electron chi connectivity index (χ0n) is 11.4. The minimum Gasteiger partial charge on any atom is -0.398 e. The van der Waals surface area contributed by atoms with Crippen LogP contribution < -0.4 is 11.1 Å². The van der Waals surface area contributed by atoms with E-state index in [9.17, 15) is 9.18 Å². The minimum atomic E-state index is -0.446. The van der Waals surface area contributed by atoms with Gasteiger partial charge in [0.2, 0.25) is 0 Å². The highest BCUT2D eigenvalue weighted by atomic mass is 32.1. The van der Waals surface area contributed by atoms with Gasteiger partial charge in [-0.05, 0) is 29.6 Å². The predicted octanol–water partition coefficient (Wildman–Crippen LogP) is 3.18. The lowest BCUT2D eigenvalue weighted by Crippen LogP contribution is -2.36. The second-order valence-electron chi connectivity index (χ2n) is 5.28. The molecule has 0 saturated carbocycles. The second-order valence-corrected chi connectivity index (χ2v) is 6.22. The maximum absolute atomic E-state index is 13.0. The number of carbonyl (C=O) groups excluding carboxylic acids is 1. The number of anilines is 1. The molecule has 0 unspecified atom stereocenters. The summed E-state index contributed by atoms with van der Waals surface area (Å²) in [6.45, 7) is 4.61. The van der Waals surface area contributed by atoms with Gasteiger partial charge in [0.25, 0.3) is 5.91 Å². The van der Waals surface area contributed by atoms with Gasteiger partial charge in [-0.3, -0.25) is 4.79 Å². The summed E-state index contributed by atoms with van der Waals surface area (Å²) < 4.78 is 13.0. The number of amides is 1. The number of nitrogens with two attached hydrogens (primary N) is 1. The fourth-order valence-corrected chi connectivity index (χ4v) is 2.74. The number of hydrogen-bond donors (Lipinski definition) is 2. The molecule has 1 heterocycles. The second kappa shape index (κ2) is 5.63. The van der Waals surface area contributed by atoms with Gasteiger partial charge in [0.1, 0.15) is 5.82 Å². The Balaban J connectivity index is 2.05. The lowest BCUT2D eigenvalue weighted by Gasteiger charge is -2.23. The van der Waals surface area contributed by atoms with Gasteiger partial charge < -0.3 is 11.1 Å². The molecule has 1 aromatic carbocycles. The number of halogens is 1. The van der Waals surface area contributed by atoms with Gasteiger partial charge in [-0.1, -0.05) is 19.9 Å². The van der Waals surface area contributed by atoms with Crippen molar-refractivity contribution >= 4 is 22.9 Å². The van der Waals surface area contributed by atoms with E-state index in [0.29, 0.717) is 12.1 Å². The molecule has 0 fully saturated rings. The highest BCUT2D eigenvalue weighted by Gasteiger charge is 2.23. The lowest BCUT2D eigenvalue weighted by atomic mass is 9.91. The third-order valence-electron chi connectivity index (χ3n) is 3.14. The van der Waals surface area contributed by atoms with E-state index in [-0.39, 0.29) is 17.0 Å². The Kier molecular flexibility index (Phi) is 4.09. The average Bonchev–Trinajstić information content (AvgIpc) is 2.90. The van der Waals surface area contributed by atoms with Crippen molar-refractivity contribution in [2.45, 2.75) is 19.3 Å². The molecule has 0 aliphatic rings. The molecule has 0 aliphatic carbocycles. The number of nitrogens with one attached hydrogen (secondary N) is 1. The van der Waals surface area contributed by atoms with Gasteiger partial charge in [-0.15, -0.1) is 11.3 Å². The third-order valence-corrected chi connectivity index (χ3v) is 4.37. The quantitative estimate of drug-likeness (QED) is 0.850. The van der Waals surface area contributed by atoms with Crippen LogP contribution in [0.4, 0.5) is 10.1 Å². The third kappa shape index (κ3) is 3.17. The summed E-state index contributed by atoms with van der Waals surface area (Å²) >= 11 is 1.66. The predicted molar refractivity (Wildman–Crippen MR) is 80.5 cm³/mol. The molecule has 3 nitrogen and oxygen atoms in total. The normalized spacial score (nSPS) is 11.3. The molecule has 20 heavy (non-hydrogen) atoms. The number of nitrogen functional groups attached to an aromatic ring is 1. The largest absolute Gasteiger partial charge is 0.398 e. The minimum absolute atomic E-state index is 0.149. The highest BCUT2D eigenvalue weighted by molar-refractivity contribution is 7.10. The molecule has 0 aliphatic heterocycles. The van der Waals surface area contributed by atoms with Crippen molar-refractivity contribution in [2.24, 2.45) is 0 Å². The van der Waals surface area contributed by atoms with E-state index in [1.807, 2.05) is 17.5 Å². The zero-order chi connectivity index (χ0) is 14.8. The van der Waals surface area contributed by atoms with Crippen molar-refractivity contribution in [3.8, 4) is 0 Å². The molecule has 0 bridgehead atoms. The maximum Gasteiger partial charge on any atom is 0.253 e. The van der Waals surface area contributed by atoms with Gasteiger partial charge in [0.05, 0.1) is 5.56 Å². The molecule has 5 heteroatoms. The smallest absolute Gasteiger partial charge is 0.253 e. The van der Waals surface area contributed by atoms with E-state index in [0.717, 1.165) is 6.07 Å². The SMILES string of the molecule is CC(C)(CNC(=O)c1ccc(F)cc1N)c1cccs1. The van der Waals surface area contributed by atoms with Crippen LogP contribution in [0.15, 0.2) is 35.7 Å². The molecule has 1 aromatic heterocycles. The Hall–Kier alpha value is -1.88. The number of rotatable bonds is 4. The van der Waals surface area contributed by atoms with Crippen LogP contribution in [0.25, 0.3) is 0 Å². The van der Waals surface area contributed by atoms with Crippen LogP contribution in [0, 0.1) is 5.82 Å². The first-order chi connectivity index (χ1) is 9.40. The molecule has 0 atom stereocenters. The van der Waals surface area contributed by atoms with Crippen molar-refractivity contribution in [3.05, 3.63) is 52.0 Å². The van der Waals surface area contributed by atoms with Crippen molar-refractivity contribution < 1.29 is 9.18 Å². The summed E-state index contributed by atoms with van der Waals surface area (Å²) in [7, 11) is 0. The van der Waals surface area contributed by atoms with Crippen LogP contribution in [0.2, 0.25) is 0 Å². The Morgan fingerprint density at radius 1 is 1.40 bits per heavy atom. The molecule has 2 rings (SSSR count). The maximum atomic E-state index is 13.0. The summed E-state index contributed by atoms with van der Waals surface area (Å²) in [4.78, 5) is 13.3. The fourth-order valence-electron chi connectivity index (χ4n) is 1.89. The van der Waals surface area contributed by atoms with Gasteiger partial charge >= 0.3 is 0 Å². The standard InChI is InChI=1S/C15H17FN2OS/c1-15(2,13-4-3-7-20-13)9-18-14(19)11-6-5-10(16)8-12(11)17/h3-8H,9,17H2,1-2H3,(H,18,19). The Labute approximate surface area is 121 Å². The van der Waals surface area contributed by atoms with E-state index in [1.165, 1.54) is 17.0 Å². The fraction of sp³-hybridized carbons (Fsp3) is 0.267. The molecular formula is C15H17FN2OS. The number of thiophene rings is 1. The van der Waals surface area contributed by atoms with Crippen molar-refractivity contribution in [1.29, 1.82) is 0 Å². The molecule has 2 aromatic rings. The van der Waals surface area contributed by atoms with Gasteiger partial charge in [0, 0.05) is 22.5 Å². The molecule has 3 N–H and O–H groups in total. The van der Waals surface area contributed by atoms with Crippen molar-refractivity contribution in [3.63, 3.8) is 0 Å². The van der Waals surface area contributed by atoms with Crippen molar-refractivity contribution in [2.75, 3.05) is 12.3 Å². The number of hydrogen-bond acceptors (Lipinski definition) is 3. The van der Waals surface area contributed by atoms with Crippen LogP contribution in [0.1, 0.15) is 29.1 Å². The molecule has 106 valence electrons. The Bertz CT molecular complexity index is 608. The molecule has 0 spiro atoms. The average molecular weight is 292 g/mol. The Morgan fingerprint density at radius 2 is 2.15 bits per heavy atom. The monoisotopic (exact) mass is 292 g/mol. The first kappa shape index (κ1) is 14.5. The lowest BCUT2D eigenvalue weighted by molar-refractivity contribution is 0.0947. The number of carbonyl (C=O) groups is 1. The van der Waals surface area contributed by atoms with E-state index < -0.39 is 5.82 Å². The first-order valence-electron chi connectivity index (χ1n) is 6.27. The molecular weight excluding hydrogens is 275 g/mol. The molecule has 0 radical (unpaired) electrons. The highest BCUT2D eigenvalue weighted by Crippen LogP contribution is 2.26. The van der Waals surface area contributed by atoms with Crippen LogP contribution >= 0.6 is 11.3 Å². The van der Waals surface area contributed by atoms with Crippen LogP contribution in [0.3, 0.4) is 0 Å². The summed E-state index contributed by atoms with van der Waals surface area (Å²) in [5.41, 5.74) is 5.95. The van der Waals surface area contributed by atoms with Crippen LogP contribution in [0.5, 0.6) is 0 Å². The van der Waals surface area contributed by atoms with Crippen molar-refractivity contribution in [1.82, 2.24) is 5.32 Å². The summed E-state index contributed by atoms with van der Waals surface area (Å²) in [5.74, 6) is -0.731. The van der Waals surface area contributed by atoms with Crippen LogP contribution in [-0.4, -0.2) is 12.5 Å². The topological polar surface area (TPSA) is 55.1 Å². The summed E-state index contributed by atoms with van der Waals surface area (Å²) in [6.07, 6.45) is 0. The zero-order valence-corrected chi connectivity index (χ0v) is 12.3. The van der Waals surface area contributed by atoms with Crippen LogP contribution in [-0.2, 0) is 5.41 Å². The molecule has 0 saturated heterocycles. The van der Waals surface area contributed by atoms with E-state index >= 15 is 0 Å². The first-order valence-corrected chi connectivity index (χ1v) is 7.15. The Morgan fingerprint density at radius 3 is 2.75 bits per heavy atom. The van der Waals surface area contributed by atoms with Gasteiger partial charge in [0.15, 0.2) is 0 Å². The summed E-state index contributed by atoms with van der Waals surface area (Å²) in [5, 5.41) is 4.86. The number of benzene rings is 1. The van der Waals surface area contributed by atoms with E-state index in [4.69, 9.17) is 5.73 Å². The van der Waals surface area contributed by atoms with Gasteiger partial charge in [-0.2, -0.15) is 0 Å². The summed E-state index contributed by atoms with van der Waals surface area (Å²) in [6, 6.07) is 7.82.